The van der Waals surface area contributed by atoms with Crippen molar-refractivity contribution in [3.8, 4) is 0 Å². The molecule has 0 aliphatic carbocycles. The summed E-state index contributed by atoms with van der Waals surface area (Å²) in [7, 11) is -3.50. The monoisotopic (exact) mass is 287 g/mol. The minimum atomic E-state index is -3.50. The number of hydrogen-bond donors (Lipinski definition) is 2. The molecule has 8 heteroatoms. The van der Waals surface area contributed by atoms with Gasteiger partial charge in [0.15, 0.2) is 0 Å². The molecule has 2 fully saturated rings. The summed E-state index contributed by atoms with van der Waals surface area (Å²) in [6, 6.07) is -0.115. The van der Waals surface area contributed by atoms with Crippen LogP contribution in [0.5, 0.6) is 0 Å². The van der Waals surface area contributed by atoms with Crippen molar-refractivity contribution < 1.29 is 17.9 Å². The van der Waals surface area contributed by atoms with E-state index >= 15 is 0 Å². The van der Waals surface area contributed by atoms with Crippen molar-refractivity contribution in [3.63, 3.8) is 0 Å². The topological polar surface area (TPSA) is 93.3 Å². The first-order valence-electron chi connectivity index (χ1n) is 6.33. The summed E-state index contributed by atoms with van der Waals surface area (Å²) in [5.41, 5.74) is -0.304. The zero-order chi connectivity index (χ0) is 13.3. The van der Waals surface area contributed by atoms with E-state index in [1.54, 1.807) is 0 Å². The quantitative estimate of drug-likeness (QED) is 0.818. The van der Waals surface area contributed by atoms with Crippen LogP contribution in [0.1, 0.15) is 19.3 Å². The molecule has 3 heterocycles. The fraction of sp³-hybridized carbons (Fsp3) is 0.727. The van der Waals surface area contributed by atoms with E-state index in [0.29, 0.717) is 32.7 Å². The summed E-state index contributed by atoms with van der Waals surface area (Å²) in [4.78, 5) is 0.163. The molecule has 2 aliphatic heterocycles. The second-order valence-electron chi connectivity index (χ2n) is 5.08. The number of hydrogen-bond acceptors (Lipinski definition) is 5. The SMILES string of the molecule is O=S(=O)(NC1CCOC2(CCOC2)C1)c1cn[nH]c1. The van der Waals surface area contributed by atoms with Crippen LogP contribution in [-0.2, 0) is 19.5 Å². The number of nitrogens with zero attached hydrogens (tertiary/aromatic N) is 1. The van der Waals surface area contributed by atoms with Crippen LogP contribution in [-0.4, -0.2) is 50.1 Å². The maximum atomic E-state index is 12.1. The molecule has 2 aliphatic rings. The molecule has 2 N–H and O–H groups in total. The first kappa shape index (κ1) is 13.0. The van der Waals surface area contributed by atoms with Gasteiger partial charge in [-0.05, 0) is 12.8 Å². The molecule has 1 aromatic heterocycles. The highest BCUT2D eigenvalue weighted by atomic mass is 32.2. The number of aromatic amines is 1. The van der Waals surface area contributed by atoms with Crippen molar-refractivity contribution in [2.75, 3.05) is 19.8 Å². The predicted octanol–water partition coefficient (Wildman–Crippen LogP) is 0.0261. The maximum Gasteiger partial charge on any atom is 0.243 e. The minimum absolute atomic E-state index is 0.115. The number of nitrogens with one attached hydrogen (secondary N) is 2. The van der Waals surface area contributed by atoms with Crippen LogP contribution in [0, 0.1) is 0 Å². The van der Waals surface area contributed by atoms with Gasteiger partial charge in [0, 0.05) is 31.9 Å². The van der Waals surface area contributed by atoms with Gasteiger partial charge in [-0.3, -0.25) is 5.10 Å². The minimum Gasteiger partial charge on any atom is -0.378 e. The highest BCUT2D eigenvalue weighted by Crippen LogP contribution is 2.33. The first-order valence-corrected chi connectivity index (χ1v) is 7.81. The Labute approximate surface area is 111 Å². The van der Waals surface area contributed by atoms with Gasteiger partial charge in [0.1, 0.15) is 4.90 Å². The highest BCUT2D eigenvalue weighted by Gasteiger charge is 2.42. The van der Waals surface area contributed by atoms with Crippen molar-refractivity contribution in [3.05, 3.63) is 12.4 Å². The highest BCUT2D eigenvalue weighted by molar-refractivity contribution is 7.89. The molecule has 106 valence electrons. The third kappa shape index (κ3) is 2.66. The smallest absolute Gasteiger partial charge is 0.243 e. The maximum absolute atomic E-state index is 12.1. The van der Waals surface area contributed by atoms with Crippen LogP contribution in [0.3, 0.4) is 0 Å². The first-order chi connectivity index (χ1) is 9.10. The van der Waals surface area contributed by atoms with Crippen molar-refractivity contribution >= 4 is 10.0 Å². The Hall–Kier alpha value is -0.960. The van der Waals surface area contributed by atoms with Gasteiger partial charge in [-0.25, -0.2) is 13.1 Å². The molecule has 19 heavy (non-hydrogen) atoms. The molecule has 0 saturated carbocycles. The lowest BCUT2D eigenvalue weighted by Crippen LogP contribution is -2.48. The van der Waals surface area contributed by atoms with Crippen molar-refractivity contribution in [2.24, 2.45) is 0 Å². The molecule has 7 nitrogen and oxygen atoms in total. The molecule has 0 amide bonds. The van der Waals surface area contributed by atoms with Gasteiger partial charge in [0.2, 0.25) is 10.0 Å². The molecule has 2 atom stereocenters. The fourth-order valence-electron chi connectivity index (χ4n) is 2.67. The van der Waals surface area contributed by atoms with Crippen molar-refractivity contribution in [2.45, 2.75) is 35.8 Å². The summed E-state index contributed by atoms with van der Waals surface area (Å²) >= 11 is 0. The van der Waals surface area contributed by atoms with Crippen LogP contribution in [0.4, 0.5) is 0 Å². The second-order valence-corrected chi connectivity index (χ2v) is 6.79. The normalized spacial score (nSPS) is 31.9. The fourth-order valence-corrected chi connectivity index (χ4v) is 3.84. The lowest BCUT2D eigenvalue weighted by molar-refractivity contribution is -0.0868. The van der Waals surface area contributed by atoms with Gasteiger partial charge in [-0.2, -0.15) is 5.10 Å². The van der Waals surface area contributed by atoms with E-state index in [-0.39, 0.29) is 16.5 Å². The third-order valence-electron chi connectivity index (χ3n) is 3.67. The summed E-state index contributed by atoms with van der Waals surface area (Å²) in [6.45, 7) is 1.79. The van der Waals surface area contributed by atoms with E-state index in [2.05, 4.69) is 14.9 Å². The van der Waals surface area contributed by atoms with E-state index in [9.17, 15) is 8.42 Å². The van der Waals surface area contributed by atoms with E-state index in [4.69, 9.17) is 9.47 Å². The van der Waals surface area contributed by atoms with E-state index < -0.39 is 10.0 Å². The number of rotatable bonds is 3. The summed E-state index contributed by atoms with van der Waals surface area (Å²) < 4.78 is 38.1. The second kappa shape index (κ2) is 4.86. The Bertz CT molecular complexity index is 522. The number of aromatic nitrogens is 2. The lowest BCUT2D eigenvalue weighted by atomic mass is 9.90. The molecular formula is C11H17N3O4S. The molecule has 2 saturated heterocycles. The molecule has 1 aromatic rings. The number of sulfonamides is 1. The van der Waals surface area contributed by atoms with E-state index in [1.165, 1.54) is 12.4 Å². The van der Waals surface area contributed by atoms with Gasteiger partial charge in [-0.1, -0.05) is 0 Å². The van der Waals surface area contributed by atoms with Crippen LogP contribution in [0.15, 0.2) is 17.3 Å². The standard InChI is InChI=1S/C11H17N3O4S/c15-19(16,10-6-12-13-7-10)14-9-1-3-18-11(5-9)2-4-17-8-11/h6-7,9,14H,1-5,8H2,(H,12,13). The number of H-pyrrole nitrogens is 1. The molecule has 0 radical (unpaired) electrons. The number of ether oxygens (including phenoxy) is 2. The lowest BCUT2D eigenvalue weighted by Gasteiger charge is -2.37. The third-order valence-corrected chi connectivity index (χ3v) is 5.15. The Morgan fingerprint density at radius 3 is 3.05 bits per heavy atom. The molecule has 2 unspecified atom stereocenters. The summed E-state index contributed by atoms with van der Waals surface area (Å²) in [5.74, 6) is 0. The Morgan fingerprint density at radius 1 is 1.47 bits per heavy atom. The average Bonchev–Trinajstić information content (AvgIpc) is 3.00. The Morgan fingerprint density at radius 2 is 2.37 bits per heavy atom. The van der Waals surface area contributed by atoms with Crippen molar-refractivity contribution in [1.82, 2.24) is 14.9 Å². The molecular weight excluding hydrogens is 270 g/mol. The predicted molar refractivity (Wildman–Crippen MR) is 66.1 cm³/mol. The van der Waals surface area contributed by atoms with Gasteiger partial charge < -0.3 is 9.47 Å². The van der Waals surface area contributed by atoms with Crippen LogP contribution >= 0.6 is 0 Å². The molecule has 0 aromatic carbocycles. The molecule has 0 bridgehead atoms. The molecule has 1 spiro atoms. The van der Waals surface area contributed by atoms with Gasteiger partial charge in [-0.15, -0.1) is 0 Å². The summed E-state index contributed by atoms with van der Waals surface area (Å²) in [5, 5.41) is 6.17. The zero-order valence-electron chi connectivity index (χ0n) is 10.5. The van der Waals surface area contributed by atoms with Gasteiger partial charge in [0.25, 0.3) is 0 Å². The van der Waals surface area contributed by atoms with Gasteiger partial charge >= 0.3 is 0 Å². The molecule has 3 rings (SSSR count). The Balaban J connectivity index is 1.70. The average molecular weight is 287 g/mol. The van der Waals surface area contributed by atoms with E-state index in [1.807, 2.05) is 0 Å². The van der Waals surface area contributed by atoms with Crippen LogP contribution in [0.2, 0.25) is 0 Å². The Kier molecular flexibility index (Phi) is 3.34. The van der Waals surface area contributed by atoms with Crippen molar-refractivity contribution in [1.29, 1.82) is 0 Å². The zero-order valence-corrected chi connectivity index (χ0v) is 11.3. The van der Waals surface area contributed by atoms with Gasteiger partial charge in [0.05, 0.1) is 18.4 Å². The van der Waals surface area contributed by atoms with E-state index in [0.717, 1.165) is 6.42 Å². The largest absolute Gasteiger partial charge is 0.378 e. The summed E-state index contributed by atoms with van der Waals surface area (Å²) in [6.07, 6.45) is 4.84. The van der Waals surface area contributed by atoms with Crippen LogP contribution in [0.25, 0.3) is 0 Å². The van der Waals surface area contributed by atoms with Crippen LogP contribution < -0.4 is 4.72 Å².